The van der Waals surface area contributed by atoms with Crippen LogP contribution in [0.4, 0.5) is 5.82 Å². The van der Waals surface area contributed by atoms with Crippen LogP contribution in [0.3, 0.4) is 0 Å². The molecular formula is C14H17N5. The Morgan fingerprint density at radius 1 is 1.21 bits per heavy atom. The van der Waals surface area contributed by atoms with E-state index in [1.807, 2.05) is 42.2 Å². The van der Waals surface area contributed by atoms with E-state index in [9.17, 15) is 0 Å². The molecule has 0 atom stereocenters. The summed E-state index contributed by atoms with van der Waals surface area (Å²) in [6, 6.07) is 12.3. The van der Waals surface area contributed by atoms with Crippen molar-refractivity contribution < 1.29 is 0 Å². The minimum absolute atomic E-state index is 0.781. The molecular weight excluding hydrogens is 238 g/mol. The molecule has 2 heterocycles. The van der Waals surface area contributed by atoms with Gasteiger partial charge in [-0.1, -0.05) is 30.3 Å². The maximum absolute atomic E-state index is 4.50. The van der Waals surface area contributed by atoms with Crippen molar-refractivity contribution in [1.82, 2.24) is 15.1 Å². The zero-order chi connectivity index (χ0) is 13.1. The summed E-state index contributed by atoms with van der Waals surface area (Å²) in [7, 11) is 1.92. The minimum Gasteiger partial charge on any atom is -0.352 e. The maximum Gasteiger partial charge on any atom is 0.200 e. The maximum atomic E-state index is 4.50. The monoisotopic (exact) mass is 255 g/mol. The first-order valence-electron chi connectivity index (χ1n) is 6.42. The van der Waals surface area contributed by atoms with Crippen LogP contribution in [0.25, 0.3) is 0 Å². The summed E-state index contributed by atoms with van der Waals surface area (Å²) in [4.78, 5) is 6.61. The highest BCUT2D eigenvalue weighted by Gasteiger charge is 2.20. The number of anilines is 1. The molecule has 3 rings (SSSR count). The molecule has 0 saturated heterocycles. The lowest BCUT2D eigenvalue weighted by Gasteiger charge is -2.18. The van der Waals surface area contributed by atoms with E-state index in [1.165, 1.54) is 5.56 Å². The molecule has 19 heavy (non-hydrogen) atoms. The Labute approximate surface area is 112 Å². The van der Waals surface area contributed by atoms with Crippen LogP contribution in [0.2, 0.25) is 0 Å². The largest absolute Gasteiger partial charge is 0.352 e. The lowest BCUT2D eigenvalue weighted by Crippen LogP contribution is -2.38. The number of rotatable bonds is 3. The first-order chi connectivity index (χ1) is 9.33. The lowest BCUT2D eigenvalue weighted by molar-refractivity contribution is 0.761. The van der Waals surface area contributed by atoms with Crippen molar-refractivity contribution in [2.75, 3.05) is 18.0 Å². The van der Waals surface area contributed by atoms with Crippen LogP contribution in [0.5, 0.6) is 0 Å². The summed E-state index contributed by atoms with van der Waals surface area (Å²) >= 11 is 0. The van der Waals surface area contributed by atoms with E-state index in [0.717, 1.165) is 31.4 Å². The number of aryl methyl sites for hydroxylation is 1. The zero-order valence-corrected chi connectivity index (χ0v) is 11.0. The Morgan fingerprint density at radius 2 is 2.05 bits per heavy atom. The highest BCUT2D eigenvalue weighted by atomic mass is 15.4. The second-order valence-corrected chi connectivity index (χ2v) is 4.54. The summed E-state index contributed by atoms with van der Waals surface area (Å²) in [5.41, 5.74) is 1.25. The molecule has 98 valence electrons. The van der Waals surface area contributed by atoms with E-state index >= 15 is 0 Å². The zero-order valence-electron chi connectivity index (χ0n) is 11.0. The number of hydrogen-bond acceptors (Lipinski definition) is 4. The fraction of sp³-hybridized carbons (Fsp3) is 0.286. The third-order valence-electron chi connectivity index (χ3n) is 3.11. The van der Waals surface area contributed by atoms with Gasteiger partial charge >= 0.3 is 0 Å². The molecule has 0 radical (unpaired) electrons. The van der Waals surface area contributed by atoms with Gasteiger partial charge in [-0.05, 0) is 5.56 Å². The second kappa shape index (κ2) is 5.14. The Kier molecular flexibility index (Phi) is 3.18. The van der Waals surface area contributed by atoms with Crippen LogP contribution in [0, 0.1) is 0 Å². The lowest BCUT2D eigenvalue weighted by atomic mass is 10.2. The van der Waals surface area contributed by atoms with E-state index in [-0.39, 0.29) is 0 Å². The molecule has 5 heteroatoms. The molecule has 0 unspecified atom stereocenters. The molecule has 0 saturated carbocycles. The van der Waals surface area contributed by atoms with E-state index in [4.69, 9.17) is 0 Å². The Bertz CT molecular complexity index is 573. The van der Waals surface area contributed by atoms with Gasteiger partial charge < -0.3 is 5.32 Å². The van der Waals surface area contributed by atoms with Crippen LogP contribution < -0.4 is 10.2 Å². The number of aliphatic imine (C=N–C) groups is 1. The normalized spacial score (nSPS) is 14.6. The summed E-state index contributed by atoms with van der Waals surface area (Å²) < 4.78 is 1.81. The predicted molar refractivity (Wildman–Crippen MR) is 76.1 cm³/mol. The van der Waals surface area contributed by atoms with Gasteiger partial charge in [-0.15, -0.1) is 0 Å². The molecule has 0 spiro atoms. The van der Waals surface area contributed by atoms with Gasteiger partial charge in [-0.25, -0.2) is 0 Å². The molecule has 1 aromatic carbocycles. The van der Waals surface area contributed by atoms with Crippen molar-refractivity contribution in [3.05, 3.63) is 48.2 Å². The highest BCUT2D eigenvalue weighted by Crippen LogP contribution is 2.13. The molecule has 0 bridgehead atoms. The van der Waals surface area contributed by atoms with Crippen LogP contribution in [0.1, 0.15) is 5.56 Å². The Balaban J connectivity index is 1.67. The third kappa shape index (κ3) is 2.59. The quantitative estimate of drug-likeness (QED) is 0.901. The fourth-order valence-corrected chi connectivity index (χ4v) is 2.15. The van der Waals surface area contributed by atoms with Gasteiger partial charge in [-0.3, -0.25) is 14.6 Å². The number of hydrogen-bond donors (Lipinski definition) is 1. The van der Waals surface area contributed by atoms with Crippen LogP contribution in [-0.4, -0.2) is 28.8 Å². The SMILES string of the molecule is Cn1ccc(N2CCN=C2NCc2ccccc2)n1. The molecule has 1 N–H and O–H groups in total. The van der Waals surface area contributed by atoms with E-state index in [2.05, 4.69) is 32.4 Å². The fourth-order valence-electron chi connectivity index (χ4n) is 2.15. The van der Waals surface area contributed by atoms with Crippen LogP contribution >= 0.6 is 0 Å². The van der Waals surface area contributed by atoms with Crippen molar-refractivity contribution in [1.29, 1.82) is 0 Å². The van der Waals surface area contributed by atoms with Gasteiger partial charge in [0.25, 0.3) is 0 Å². The molecule has 5 nitrogen and oxygen atoms in total. The van der Waals surface area contributed by atoms with E-state index in [1.54, 1.807) is 0 Å². The van der Waals surface area contributed by atoms with Gasteiger partial charge in [0, 0.05) is 32.4 Å². The number of guanidine groups is 1. The van der Waals surface area contributed by atoms with Crippen molar-refractivity contribution in [3.8, 4) is 0 Å². The number of benzene rings is 1. The van der Waals surface area contributed by atoms with Gasteiger partial charge in [-0.2, -0.15) is 5.10 Å². The molecule has 1 aromatic heterocycles. The number of aromatic nitrogens is 2. The third-order valence-corrected chi connectivity index (χ3v) is 3.11. The summed E-state index contributed by atoms with van der Waals surface area (Å²) in [5.74, 6) is 1.85. The van der Waals surface area contributed by atoms with Crippen molar-refractivity contribution in [3.63, 3.8) is 0 Å². The van der Waals surface area contributed by atoms with E-state index in [0.29, 0.717) is 0 Å². The van der Waals surface area contributed by atoms with E-state index < -0.39 is 0 Å². The summed E-state index contributed by atoms with van der Waals surface area (Å²) in [6.07, 6.45) is 1.95. The van der Waals surface area contributed by atoms with Gasteiger partial charge in [0.2, 0.25) is 0 Å². The predicted octanol–water partition coefficient (Wildman–Crippen LogP) is 1.39. The number of nitrogens with one attached hydrogen (secondary N) is 1. The smallest absolute Gasteiger partial charge is 0.200 e. The van der Waals surface area contributed by atoms with Crippen LogP contribution in [0.15, 0.2) is 47.6 Å². The van der Waals surface area contributed by atoms with Gasteiger partial charge in [0.1, 0.15) is 0 Å². The summed E-state index contributed by atoms with van der Waals surface area (Å²) in [5, 5.41) is 7.80. The Hall–Kier alpha value is -2.30. The van der Waals surface area contributed by atoms with Crippen molar-refractivity contribution in [2.24, 2.45) is 12.0 Å². The highest BCUT2D eigenvalue weighted by molar-refractivity contribution is 5.96. The van der Waals surface area contributed by atoms with Crippen LogP contribution in [-0.2, 0) is 13.6 Å². The molecule has 0 amide bonds. The van der Waals surface area contributed by atoms with Gasteiger partial charge in [0.05, 0.1) is 6.54 Å². The standard InChI is InChI=1S/C14H17N5/c1-18-9-7-13(17-18)19-10-8-15-14(19)16-11-12-5-3-2-4-6-12/h2-7,9H,8,10-11H2,1H3,(H,15,16). The second-order valence-electron chi connectivity index (χ2n) is 4.54. The van der Waals surface area contributed by atoms with Crippen molar-refractivity contribution in [2.45, 2.75) is 6.54 Å². The summed E-state index contributed by atoms with van der Waals surface area (Å²) in [6.45, 7) is 2.48. The average molecular weight is 255 g/mol. The number of nitrogens with zero attached hydrogens (tertiary/aromatic N) is 4. The topological polar surface area (TPSA) is 45.5 Å². The Morgan fingerprint density at radius 3 is 2.79 bits per heavy atom. The first-order valence-corrected chi connectivity index (χ1v) is 6.42. The van der Waals surface area contributed by atoms with Crippen molar-refractivity contribution >= 4 is 11.8 Å². The molecule has 1 aliphatic heterocycles. The molecule has 2 aromatic rings. The minimum atomic E-state index is 0.781. The molecule has 0 fully saturated rings. The first kappa shape index (κ1) is 11.8. The molecule has 1 aliphatic rings. The van der Waals surface area contributed by atoms with Gasteiger partial charge in [0.15, 0.2) is 11.8 Å². The molecule has 0 aliphatic carbocycles. The average Bonchev–Trinajstić information content (AvgIpc) is 3.06.